The molecule has 0 saturated carbocycles. The number of carbonyl (C=O) groups is 1. The van der Waals surface area contributed by atoms with Crippen LogP contribution in [0.2, 0.25) is 16.6 Å². The highest BCUT2D eigenvalue weighted by molar-refractivity contribution is 6.77. The van der Waals surface area contributed by atoms with Crippen LogP contribution in [0, 0.1) is 0 Å². The second-order valence-corrected chi connectivity index (χ2v) is 20.9. The molecule has 3 N–H and O–H groups in total. The fourth-order valence-electron chi connectivity index (χ4n) is 7.34. The number of pyridine rings is 1. The summed E-state index contributed by atoms with van der Waals surface area (Å²) in [5.74, 6) is 1.54. The average Bonchev–Trinajstić information content (AvgIpc) is 3.53. The maximum absolute atomic E-state index is 13.7. The van der Waals surface area contributed by atoms with E-state index in [1.165, 1.54) is 6.20 Å². The molecule has 0 unspecified atom stereocenters. The summed E-state index contributed by atoms with van der Waals surface area (Å²) in [6.45, 7) is 20.6. The number of amides is 2. The van der Waals surface area contributed by atoms with Gasteiger partial charge >= 0.3 is 6.03 Å². The molecule has 276 valence electrons. The zero-order chi connectivity index (χ0) is 38.1. The molecule has 53 heavy (non-hydrogen) atoms. The van der Waals surface area contributed by atoms with Crippen LogP contribution in [0.4, 0.5) is 16.3 Å². The Labute approximate surface area is 311 Å². The molecule has 0 radical (unpaired) electrons. The lowest BCUT2D eigenvalue weighted by Gasteiger charge is -2.42. The normalized spacial score (nSPS) is 12.3. The Morgan fingerprint density at radius 3 is 2.19 bits per heavy atom. The van der Waals surface area contributed by atoms with Gasteiger partial charge in [0.1, 0.15) is 17.1 Å². The molecule has 0 bridgehead atoms. The van der Waals surface area contributed by atoms with E-state index in [1.807, 2.05) is 42.5 Å². The SMILES string of the molecule is CC(C)[Si](OCc1ccc(-n2nc(C(C)(C)C)cc2NC(=O)Nc2ccc(Oc3ccnc4[nH]c(=O)cnc34)c3ccccc23)cc1)(C(C)C)C(C)C. The van der Waals surface area contributed by atoms with Gasteiger partial charge in [-0.1, -0.05) is 98.7 Å². The van der Waals surface area contributed by atoms with Gasteiger partial charge < -0.3 is 19.5 Å². The number of aromatic nitrogens is 5. The van der Waals surface area contributed by atoms with E-state index in [0.717, 1.165) is 27.7 Å². The van der Waals surface area contributed by atoms with Gasteiger partial charge in [-0.25, -0.2) is 19.4 Å². The molecular formula is C41H49N7O4Si. The molecule has 0 saturated heterocycles. The van der Waals surface area contributed by atoms with Gasteiger partial charge in [0.15, 0.2) is 11.4 Å². The van der Waals surface area contributed by atoms with E-state index in [-0.39, 0.29) is 11.0 Å². The van der Waals surface area contributed by atoms with Crippen molar-refractivity contribution in [1.82, 2.24) is 24.7 Å². The quantitative estimate of drug-likeness (QED) is 0.113. The number of ether oxygens (including phenoxy) is 1. The summed E-state index contributed by atoms with van der Waals surface area (Å²) in [5.41, 5.74) is 5.05. The molecule has 0 atom stereocenters. The number of hydrogen-bond acceptors (Lipinski definition) is 7. The van der Waals surface area contributed by atoms with E-state index in [2.05, 4.69) is 100 Å². The molecule has 11 nitrogen and oxygen atoms in total. The zero-order valence-electron chi connectivity index (χ0n) is 31.9. The zero-order valence-corrected chi connectivity index (χ0v) is 32.9. The van der Waals surface area contributed by atoms with Crippen molar-refractivity contribution in [3.8, 4) is 17.2 Å². The van der Waals surface area contributed by atoms with Crippen LogP contribution < -0.4 is 20.9 Å². The van der Waals surface area contributed by atoms with Gasteiger partial charge in [0.05, 0.1) is 29.9 Å². The highest BCUT2D eigenvalue weighted by Crippen LogP contribution is 2.43. The van der Waals surface area contributed by atoms with E-state index >= 15 is 0 Å². The standard InChI is InChI=1S/C41H49N7O4Si/c1-25(2)53(26(3)4,27(5)6)51-24-28-14-16-29(17-15-28)48-36(22-35(47-48)41(7,8)9)45-40(50)44-32-18-19-33(31-13-11-10-12-30(31)32)52-34-20-21-42-39-38(34)43-23-37(49)46-39/h10-23,25-27H,24H2,1-9H3,(H,42,46,49)(H2,44,45,50). The highest BCUT2D eigenvalue weighted by Gasteiger charge is 2.45. The Kier molecular flexibility index (Phi) is 10.6. The molecule has 12 heteroatoms. The number of nitrogens with one attached hydrogen (secondary N) is 3. The fraction of sp³-hybridized carbons (Fsp3) is 0.341. The first kappa shape index (κ1) is 37.4. The van der Waals surface area contributed by atoms with E-state index < -0.39 is 14.3 Å². The highest BCUT2D eigenvalue weighted by atomic mass is 28.4. The van der Waals surface area contributed by atoms with Gasteiger partial charge in [-0.05, 0) is 46.5 Å². The molecule has 6 rings (SSSR count). The van der Waals surface area contributed by atoms with Crippen molar-refractivity contribution in [2.24, 2.45) is 0 Å². The molecular weight excluding hydrogens is 683 g/mol. The Balaban J connectivity index is 1.23. The van der Waals surface area contributed by atoms with E-state index in [0.29, 0.717) is 57.4 Å². The lowest BCUT2D eigenvalue weighted by molar-refractivity contribution is 0.262. The number of anilines is 2. The van der Waals surface area contributed by atoms with Crippen LogP contribution >= 0.6 is 0 Å². The van der Waals surface area contributed by atoms with Gasteiger partial charge in [0, 0.05) is 34.5 Å². The first-order chi connectivity index (χ1) is 25.2. The van der Waals surface area contributed by atoms with Gasteiger partial charge in [-0.2, -0.15) is 5.10 Å². The van der Waals surface area contributed by atoms with Crippen LogP contribution in [0.3, 0.4) is 0 Å². The summed E-state index contributed by atoms with van der Waals surface area (Å²) >= 11 is 0. The predicted molar refractivity (Wildman–Crippen MR) is 215 cm³/mol. The number of carbonyl (C=O) groups excluding carboxylic acids is 1. The van der Waals surface area contributed by atoms with Gasteiger partial charge in [-0.3, -0.25) is 10.1 Å². The van der Waals surface area contributed by atoms with Gasteiger partial charge in [0.2, 0.25) is 8.32 Å². The monoisotopic (exact) mass is 731 g/mol. The Morgan fingerprint density at radius 2 is 1.53 bits per heavy atom. The third-order valence-electron chi connectivity index (χ3n) is 9.89. The summed E-state index contributed by atoms with van der Waals surface area (Å²) in [7, 11) is -2.01. The second-order valence-electron chi connectivity index (χ2n) is 15.4. The van der Waals surface area contributed by atoms with E-state index in [9.17, 15) is 9.59 Å². The Morgan fingerprint density at radius 1 is 0.849 bits per heavy atom. The van der Waals surface area contributed by atoms with Crippen LogP contribution in [-0.2, 0) is 16.4 Å². The van der Waals surface area contributed by atoms with Crippen LogP contribution in [0.1, 0.15) is 73.6 Å². The molecule has 0 spiro atoms. The minimum Gasteiger partial charge on any atom is -0.454 e. The van der Waals surface area contributed by atoms with Crippen molar-refractivity contribution < 1.29 is 14.0 Å². The van der Waals surface area contributed by atoms with Crippen LogP contribution in [0.25, 0.3) is 27.6 Å². The summed E-state index contributed by atoms with van der Waals surface area (Å²) in [5, 5.41) is 12.6. The number of benzene rings is 3. The van der Waals surface area contributed by atoms with E-state index in [4.69, 9.17) is 14.3 Å². The number of urea groups is 1. The summed E-state index contributed by atoms with van der Waals surface area (Å²) in [4.78, 5) is 36.5. The molecule has 0 aliphatic heterocycles. The van der Waals surface area contributed by atoms with Crippen LogP contribution in [0.15, 0.2) is 90.0 Å². The number of hydrogen-bond donors (Lipinski definition) is 3. The summed E-state index contributed by atoms with van der Waals surface area (Å²) in [6.07, 6.45) is 2.75. The largest absolute Gasteiger partial charge is 0.454 e. The molecule has 2 amide bonds. The number of rotatable bonds is 11. The number of nitrogens with zero attached hydrogens (tertiary/aromatic N) is 4. The van der Waals surface area contributed by atoms with Crippen LogP contribution in [-0.4, -0.2) is 39.1 Å². The molecule has 3 heterocycles. The van der Waals surface area contributed by atoms with Gasteiger partial charge in [0.25, 0.3) is 5.56 Å². The fourth-order valence-corrected chi connectivity index (χ4v) is 12.8. The van der Waals surface area contributed by atoms with Crippen molar-refractivity contribution in [2.75, 3.05) is 10.6 Å². The van der Waals surface area contributed by atoms with Crippen molar-refractivity contribution in [1.29, 1.82) is 0 Å². The lowest BCUT2D eigenvalue weighted by atomic mass is 9.92. The second kappa shape index (κ2) is 15.0. The summed E-state index contributed by atoms with van der Waals surface area (Å²) < 4.78 is 14.9. The van der Waals surface area contributed by atoms with Crippen molar-refractivity contribution in [3.63, 3.8) is 0 Å². The topological polar surface area (TPSA) is 136 Å². The molecule has 0 aliphatic rings. The maximum atomic E-state index is 13.7. The molecule has 3 aromatic heterocycles. The van der Waals surface area contributed by atoms with E-state index in [1.54, 1.807) is 29.1 Å². The molecule has 6 aromatic rings. The van der Waals surface area contributed by atoms with Crippen molar-refractivity contribution >= 4 is 47.8 Å². The molecule has 3 aromatic carbocycles. The summed E-state index contributed by atoms with van der Waals surface area (Å²) in [6, 6.07) is 22.6. The predicted octanol–water partition coefficient (Wildman–Crippen LogP) is 10.1. The third-order valence-corrected chi connectivity index (χ3v) is 15.9. The Bertz CT molecular complexity index is 2280. The minimum atomic E-state index is -2.01. The van der Waals surface area contributed by atoms with Gasteiger partial charge in [-0.15, -0.1) is 0 Å². The first-order valence-corrected chi connectivity index (χ1v) is 20.3. The third kappa shape index (κ3) is 7.74. The van der Waals surface area contributed by atoms with Crippen molar-refractivity contribution in [2.45, 2.75) is 91.0 Å². The smallest absolute Gasteiger partial charge is 0.324 e. The Hall–Kier alpha value is -5.33. The maximum Gasteiger partial charge on any atom is 0.324 e. The molecule has 0 fully saturated rings. The number of aromatic amines is 1. The number of H-pyrrole nitrogens is 1. The molecule has 0 aliphatic carbocycles. The van der Waals surface area contributed by atoms with Crippen molar-refractivity contribution in [3.05, 3.63) is 107 Å². The number of fused-ring (bicyclic) bond motifs is 2. The minimum absolute atomic E-state index is 0.249. The lowest BCUT2D eigenvalue weighted by Crippen LogP contribution is -2.47. The van der Waals surface area contributed by atoms with Crippen LogP contribution in [0.5, 0.6) is 11.5 Å². The first-order valence-electron chi connectivity index (χ1n) is 18.1. The average molecular weight is 732 g/mol.